The maximum atomic E-state index is 12.6. The van der Waals surface area contributed by atoms with Crippen molar-refractivity contribution in [1.82, 2.24) is 4.98 Å². The number of oxime groups is 1. The molecule has 2 atom stereocenters. The summed E-state index contributed by atoms with van der Waals surface area (Å²) in [5, 5.41) is 26.7. The number of pyridine rings is 1. The second-order valence-electron chi connectivity index (χ2n) is 7.57. The maximum Gasteiger partial charge on any atom is 0.268 e. The van der Waals surface area contributed by atoms with Crippen LogP contribution in [0.5, 0.6) is 5.75 Å². The van der Waals surface area contributed by atoms with E-state index < -0.39 is 11.5 Å². The predicted molar refractivity (Wildman–Crippen MR) is 130 cm³/mol. The minimum Gasteiger partial charge on any atom is -0.508 e. The number of nitriles is 1. The molecule has 1 aromatic heterocycles. The van der Waals surface area contributed by atoms with Crippen LogP contribution in [0, 0.1) is 11.3 Å². The molecule has 1 aliphatic rings. The van der Waals surface area contributed by atoms with Crippen molar-refractivity contribution in [2.75, 3.05) is 5.32 Å². The average molecular weight is 507 g/mol. The summed E-state index contributed by atoms with van der Waals surface area (Å²) in [5.74, 6) is -0.181. The van der Waals surface area contributed by atoms with Crippen LogP contribution in [0.25, 0.3) is 0 Å². The third kappa shape index (κ3) is 4.89. The molecule has 33 heavy (non-hydrogen) atoms. The van der Waals surface area contributed by atoms with Crippen LogP contribution in [0.4, 0.5) is 5.69 Å². The number of nitrogens with one attached hydrogen (secondary N) is 1. The van der Waals surface area contributed by atoms with Crippen molar-refractivity contribution in [1.29, 1.82) is 5.26 Å². The lowest BCUT2D eigenvalue weighted by molar-refractivity contribution is -0.125. The zero-order valence-corrected chi connectivity index (χ0v) is 19.6. The molecule has 1 amide bonds. The van der Waals surface area contributed by atoms with Gasteiger partial charge in [0.25, 0.3) is 5.91 Å². The van der Waals surface area contributed by atoms with Gasteiger partial charge in [0.05, 0.1) is 11.8 Å². The van der Waals surface area contributed by atoms with E-state index in [2.05, 4.69) is 21.5 Å². The molecule has 0 saturated heterocycles. The second-order valence-corrected chi connectivity index (χ2v) is 7.57. The minimum atomic E-state index is -0.900. The van der Waals surface area contributed by atoms with Gasteiger partial charge in [-0.05, 0) is 53.9 Å². The Morgan fingerprint density at radius 3 is 2.64 bits per heavy atom. The number of amides is 1. The molecular formula is C25H23BrN4O3. The van der Waals surface area contributed by atoms with Gasteiger partial charge in [-0.1, -0.05) is 36.3 Å². The van der Waals surface area contributed by atoms with Crippen LogP contribution in [0.15, 0.2) is 78.2 Å². The SMILES string of the molecule is Br.CCC(C#N)(c1ccc(NC(=O)C2CC(c3cccnc3)=NO2)cc1)c1cccc(O)c1. The largest absolute Gasteiger partial charge is 0.508 e. The molecule has 7 nitrogen and oxygen atoms in total. The van der Waals surface area contributed by atoms with E-state index >= 15 is 0 Å². The van der Waals surface area contributed by atoms with E-state index in [1.54, 1.807) is 48.8 Å². The number of nitrogens with zero attached hydrogens (tertiary/aromatic N) is 3. The van der Waals surface area contributed by atoms with Crippen LogP contribution < -0.4 is 5.32 Å². The Hall–Kier alpha value is -3.70. The van der Waals surface area contributed by atoms with E-state index in [0.29, 0.717) is 24.2 Å². The van der Waals surface area contributed by atoms with Gasteiger partial charge >= 0.3 is 0 Å². The highest BCUT2D eigenvalue weighted by atomic mass is 79.9. The van der Waals surface area contributed by atoms with E-state index in [1.165, 1.54) is 0 Å². The number of halogens is 1. The monoisotopic (exact) mass is 506 g/mol. The van der Waals surface area contributed by atoms with Crippen LogP contribution in [0.2, 0.25) is 0 Å². The Morgan fingerprint density at radius 1 is 1.21 bits per heavy atom. The number of phenolic OH excluding ortho intramolecular Hbond substituents is 1. The van der Waals surface area contributed by atoms with Crippen LogP contribution >= 0.6 is 17.0 Å². The highest BCUT2D eigenvalue weighted by Gasteiger charge is 2.33. The normalized spacial score (nSPS) is 16.4. The number of rotatable bonds is 6. The third-order valence-corrected chi connectivity index (χ3v) is 5.66. The van der Waals surface area contributed by atoms with E-state index in [9.17, 15) is 15.2 Å². The molecule has 0 spiro atoms. The number of phenols is 1. The molecule has 8 heteroatoms. The third-order valence-electron chi connectivity index (χ3n) is 5.66. The lowest BCUT2D eigenvalue weighted by Gasteiger charge is -2.26. The Morgan fingerprint density at radius 2 is 2.00 bits per heavy atom. The van der Waals surface area contributed by atoms with Crippen LogP contribution in [0.3, 0.4) is 0 Å². The fourth-order valence-corrected chi connectivity index (χ4v) is 3.84. The molecule has 2 heterocycles. The average Bonchev–Trinajstić information content (AvgIpc) is 3.33. The van der Waals surface area contributed by atoms with Gasteiger partial charge in [0.2, 0.25) is 6.10 Å². The predicted octanol–water partition coefficient (Wildman–Crippen LogP) is 4.72. The number of anilines is 1. The fraction of sp³-hybridized carbons (Fsp3) is 0.200. The topological polar surface area (TPSA) is 108 Å². The molecule has 0 saturated carbocycles. The quantitative estimate of drug-likeness (QED) is 0.502. The van der Waals surface area contributed by atoms with Crippen molar-refractivity contribution >= 4 is 34.3 Å². The van der Waals surface area contributed by atoms with E-state index in [-0.39, 0.29) is 28.6 Å². The Labute approximate surface area is 202 Å². The summed E-state index contributed by atoms with van der Waals surface area (Å²) in [6.07, 6.45) is 3.53. The molecule has 0 bridgehead atoms. The zero-order valence-electron chi connectivity index (χ0n) is 17.9. The van der Waals surface area contributed by atoms with Gasteiger partial charge < -0.3 is 15.3 Å². The van der Waals surface area contributed by atoms with Crippen molar-refractivity contribution in [2.45, 2.75) is 31.3 Å². The van der Waals surface area contributed by atoms with E-state index in [4.69, 9.17) is 4.84 Å². The molecular weight excluding hydrogens is 484 g/mol. The summed E-state index contributed by atoms with van der Waals surface area (Å²) in [7, 11) is 0. The Kier molecular flexibility index (Phi) is 7.46. The van der Waals surface area contributed by atoms with Crippen LogP contribution in [-0.4, -0.2) is 27.8 Å². The molecule has 4 rings (SSSR count). The van der Waals surface area contributed by atoms with Gasteiger partial charge in [-0.25, -0.2) is 0 Å². The molecule has 1 aliphatic heterocycles. The molecule has 0 fully saturated rings. The number of carbonyl (C=O) groups excluding carboxylic acids is 1. The number of carbonyl (C=O) groups is 1. The minimum absolute atomic E-state index is 0. The first-order valence-corrected chi connectivity index (χ1v) is 10.3. The van der Waals surface area contributed by atoms with Crippen molar-refractivity contribution in [2.24, 2.45) is 5.16 Å². The summed E-state index contributed by atoms with van der Waals surface area (Å²) < 4.78 is 0. The number of benzene rings is 2. The standard InChI is InChI=1S/C25H22N4O3.BrH/c1-2-25(16-26,19-6-3-7-21(30)13-19)18-8-10-20(11-9-18)28-24(31)23-14-22(29-32-23)17-5-4-12-27-15-17;/h3-13,15,23,30H,2,14H2,1H3,(H,28,31);1H. The van der Waals surface area contributed by atoms with Crippen molar-refractivity contribution in [3.05, 3.63) is 89.7 Å². The summed E-state index contributed by atoms with van der Waals surface area (Å²) in [6.45, 7) is 1.93. The van der Waals surface area contributed by atoms with Gasteiger partial charge in [-0.2, -0.15) is 5.26 Å². The summed E-state index contributed by atoms with van der Waals surface area (Å²) in [5.41, 5.74) is 2.70. The summed E-state index contributed by atoms with van der Waals surface area (Å²) >= 11 is 0. The number of aromatic hydroxyl groups is 1. The molecule has 168 valence electrons. The number of hydrogen-bond donors (Lipinski definition) is 2. The summed E-state index contributed by atoms with van der Waals surface area (Å²) in [4.78, 5) is 22.0. The number of aromatic nitrogens is 1. The molecule has 0 aliphatic carbocycles. The van der Waals surface area contributed by atoms with E-state index in [1.807, 2.05) is 31.2 Å². The van der Waals surface area contributed by atoms with Gasteiger partial charge in [-0.3, -0.25) is 9.78 Å². The lowest BCUT2D eigenvalue weighted by atomic mass is 9.73. The fourth-order valence-electron chi connectivity index (χ4n) is 3.84. The Bertz CT molecular complexity index is 1190. The highest BCUT2D eigenvalue weighted by molar-refractivity contribution is 8.93. The van der Waals surface area contributed by atoms with Crippen molar-refractivity contribution in [3.8, 4) is 11.8 Å². The molecule has 0 radical (unpaired) electrons. The maximum absolute atomic E-state index is 12.6. The lowest BCUT2D eigenvalue weighted by Crippen LogP contribution is -2.28. The summed E-state index contributed by atoms with van der Waals surface area (Å²) in [6, 6.07) is 20.0. The van der Waals surface area contributed by atoms with Gasteiger partial charge in [0.1, 0.15) is 11.2 Å². The first-order chi connectivity index (χ1) is 15.6. The Balaban J connectivity index is 0.00000306. The van der Waals surface area contributed by atoms with Gasteiger partial charge in [-0.15, -0.1) is 17.0 Å². The van der Waals surface area contributed by atoms with E-state index in [0.717, 1.165) is 16.7 Å². The molecule has 3 aromatic rings. The molecule has 2 N–H and O–H groups in total. The van der Waals surface area contributed by atoms with Crippen LogP contribution in [0.1, 0.15) is 36.5 Å². The molecule has 2 aromatic carbocycles. The van der Waals surface area contributed by atoms with Gasteiger partial charge in [0.15, 0.2) is 0 Å². The number of hydrogen-bond acceptors (Lipinski definition) is 6. The highest BCUT2D eigenvalue weighted by Crippen LogP contribution is 2.37. The van der Waals surface area contributed by atoms with Crippen molar-refractivity contribution in [3.63, 3.8) is 0 Å². The zero-order chi connectivity index (χ0) is 22.6. The first kappa shape index (κ1) is 24.0. The first-order valence-electron chi connectivity index (χ1n) is 10.3. The molecule has 2 unspecified atom stereocenters. The van der Waals surface area contributed by atoms with Gasteiger partial charge in [0, 0.05) is 30.1 Å². The smallest absolute Gasteiger partial charge is 0.268 e. The van der Waals surface area contributed by atoms with Crippen LogP contribution in [-0.2, 0) is 15.0 Å². The second kappa shape index (κ2) is 10.3. The van der Waals surface area contributed by atoms with Crippen molar-refractivity contribution < 1.29 is 14.7 Å².